The van der Waals surface area contributed by atoms with Crippen molar-refractivity contribution in [1.29, 1.82) is 0 Å². The molecule has 1 aliphatic heterocycles. The summed E-state index contributed by atoms with van der Waals surface area (Å²) >= 11 is 0. The minimum absolute atomic E-state index is 0.122. The van der Waals surface area contributed by atoms with Crippen LogP contribution in [0.15, 0.2) is 59.1 Å². The molecule has 1 aliphatic rings. The van der Waals surface area contributed by atoms with E-state index in [0.717, 1.165) is 49.4 Å². The first kappa shape index (κ1) is 25.5. The lowest BCUT2D eigenvalue weighted by atomic mass is 10.1. The van der Waals surface area contributed by atoms with E-state index in [0.29, 0.717) is 18.1 Å². The summed E-state index contributed by atoms with van der Waals surface area (Å²) in [4.78, 5) is 21.4. The molecule has 0 atom stereocenters. The Bertz CT molecular complexity index is 1010. The van der Waals surface area contributed by atoms with Gasteiger partial charge in [0, 0.05) is 37.4 Å². The normalized spacial score (nSPS) is 16.2. The molecule has 1 saturated heterocycles. The molecule has 1 heterocycles. The smallest absolute Gasteiger partial charge is 0.238 e. The number of aliphatic imine (C=N–C) groups is 1. The average molecular weight is 471 g/mol. The molecule has 6 nitrogen and oxygen atoms in total. The molecule has 182 valence electrons. The number of benzene rings is 2. The monoisotopic (exact) mass is 470 g/mol. The van der Waals surface area contributed by atoms with Gasteiger partial charge in [0.15, 0.2) is 0 Å². The summed E-state index contributed by atoms with van der Waals surface area (Å²) in [6.45, 7) is 7.93. The van der Waals surface area contributed by atoms with Crippen LogP contribution in [0, 0.1) is 11.6 Å². The standard InChI is InChI=1S/C26H32F2N4O2/c1-4-19(2)26(20-5-7-21(27)8-6-20)30-25(34-3)18-32-15-13-31(14-16-32)17-24(33)29-23-11-9-22(28)10-12-23/h5-12H,4,13-18H2,1-3H3,(H,29,33). The highest BCUT2D eigenvalue weighted by molar-refractivity contribution is 5.92. The van der Waals surface area contributed by atoms with Crippen LogP contribution in [0.25, 0.3) is 5.70 Å². The highest BCUT2D eigenvalue weighted by Crippen LogP contribution is 2.23. The zero-order valence-electron chi connectivity index (χ0n) is 20.0. The average Bonchev–Trinajstić information content (AvgIpc) is 2.84. The summed E-state index contributed by atoms with van der Waals surface area (Å²) in [6, 6.07) is 12.1. The van der Waals surface area contributed by atoms with Crippen molar-refractivity contribution in [3.63, 3.8) is 0 Å². The number of nitrogens with zero attached hydrogens (tertiary/aromatic N) is 3. The third-order valence-electron chi connectivity index (χ3n) is 5.84. The van der Waals surface area contributed by atoms with Gasteiger partial charge in [0.1, 0.15) is 11.6 Å². The maximum Gasteiger partial charge on any atom is 0.238 e. The number of methoxy groups -OCH3 is 1. The van der Waals surface area contributed by atoms with Crippen LogP contribution < -0.4 is 5.32 Å². The lowest BCUT2D eigenvalue weighted by Crippen LogP contribution is -2.49. The van der Waals surface area contributed by atoms with E-state index >= 15 is 0 Å². The van der Waals surface area contributed by atoms with Gasteiger partial charge in [0.2, 0.25) is 11.8 Å². The number of hydrogen-bond acceptors (Lipinski definition) is 5. The number of ether oxygens (including phenoxy) is 1. The van der Waals surface area contributed by atoms with Crippen LogP contribution >= 0.6 is 0 Å². The molecule has 0 spiro atoms. The maximum atomic E-state index is 13.4. The van der Waals surface area contributed by atoms with Crippen LogP contribution in [-0.2, 0) is 9.53 Å². The SMILES string of the molecule is CCC(C)=C(N=C(CN1CCN(CC(=O)Nc2ccc(F)cc2)CC1)OC)c1ccc(F)cc1. The second-order valence-electron chi connectivity index (χ2n) is 8.31. The molecule has 0 aromatic heterocycles. The summed E-state index contributed by atoms with van der Waals surface area (Å²) in [6.07, 6.45) is 0.825. The zero-order valence-corrected chi connectivity index (χ0v) is 20.0. The molecule has 0 radical (unpaired) electrons. The number of piperazine rings is 1. The fraction of sp³-hybridized carbons (Fsp3) is 0.385. The first-order valence-electron chi connectivity index (χ1n) is 11.4. The van der Waals surface area contributed by atoms with E-state index in [-0.39, 0.29) is 24.1 Å². The van der Waals surface area contributed by atoms with Gasteiger partial charge >= 0.3 is 0 Å². The molecule has 0 unspecified atom stereocenters. The fourth-order valence-corrected chi connectivity index (χ4v) is 3.69. The predicted octanol–water partition coefficient (Wildman–Crippen LogP) is 4.41. The summed E-state index contributed by atoms with van der Waals surface area (Å²) in [5.74, 6) is -0.145. The topological polar surface area (TPSA) is 57.2 Å². The van der Waals surface area contributed by atoms with Gasteiger partial charge in [0.05, 0.1) is 25.9 Å². The molecule has 34 heavy (non-hydrogen) atoms. The predicted molar refractivity (Wildman–Crippen MR) is 132 cm³/mol. The lowest BCUT2D eigenvalue weighted by molar-refractivity contribution is -0.117. The van der Waals surface area contributed by atoms with Crippen LogP contribution in [-0.4, -0.2) is 68.0 Å². The van der Waals surface area contributed by atoms with Crippen LogP contribution in [0.5, 0.6) is 0 Å². The molecule has 0 bridgehead atoms. The minimum Gasteiger partial charge on any atom is -0.483 e. The molecule has 1 N–H and O–H groups in total. The van der Waals surface area contributed by atoms with E-state index in [1.807, 2.05) is 6.92 Å². The Morgan fingerprint density at radius 3 is 2.00 bits per heavy atom. The van der Waals surface area contributed by atoms with Gasteiger partial charge in [-0.25, -0.2) is 13.8 Å². The second kappa shape index (κ2) is 12.4. The summed E-state index contributed by atoms with van der Waals surface area (Å²) in [5, 5.41) is 2.80. The van der Waals surface area contributed by atoms with E-state index < -0.39 is 0 Å². The largest absolute Gasteiger partial charge is 0.483 e. The third kappa shape index (κ3) is 7.46. The molecule has 1 fully saturated rings. The molecule has 1 amide bonds. The van der Waals surface area contributed by atoms with Crippen LogP contribution in [0.1, 0.15) is 25.8 Å². The number of carbonyl (C=O) groups is 1. The van der Waals surface area contributed by atoms with Gasteiger partial charge in [0.25, 0.3) is 0 Å². The van der Waals surface area contributed by atoms with Crippen molar-refractivity contribution in [3.8, 4) is 0 Å². The highest BCUT2D eigenvalue weighted by Gasteiger charge is 2.21. The van der Waals surface area contributed by atoms with E-state index in [4.69, 9.17) is 9.73 Å². The summed E-state index contributed by atoms with van der Waals surface area (Å²) in [7, 11) is 1.61. The van der Waals surface area contributed by atoms with Crippen molar-refractivity contribution in [1.82, 2.24) is 9.80 Å². The van der Waals surface area contributed by atoms with Crippen molar-refractivity contribution >= 4 is 23.2 Å². The van der Waals surface area contributed by atoms with Crippen LogP contribution in [0.4, 0.5) is 14.5 Å². The van der Waals surface area contributed by atoms with Gasteiger partial charge < -0.3 is 10.1 Å². The first-order valence-corrected chi connectivity index (χ1v) is 11.4. The fourth-order valence-electron chi connectivity index (χ4n) is 3.69. The number of rotatable bonds is 8. The molecular formula is C26H32F2N4O2. The van der Waals surface area contributed by atoms with Crippen molar-refractivity contribution in [2.45, 2.75) is 20.3 Å². The van der Waals surface area contributed by atoms with Crippen molar-refractivity contribution in [3.05, 3.63) is 71.3 Å². The number of nitrogens with one attached hydrogen (secondary N) is 1. The van der Waals surface area contributed by atoms with Gasteiger partial charge in [-0.1, -0.05) is 6.92 Å². The molecule has 2 aromatic carbocycles. The van der Waals surface area contributed by atoms with Gasteiger partial charge in [-0.3, -0.25) is 14.6 Å². The van der Waals surface area contributed by atoms with Gasteiger partial charge in [-0.2, -0.15) is 0 Å². The Hall–Kier alpha value is -3.10. The molecule has 0 aliphatic carbocycles. The van der Waals surface area contributed by atoms with Crippen molar-refractivity contribution in [2.75, 3.05) is 51.7 Å². The quantitative estimate of drug-likeness (QED) is 0.459. The Morgan fingerprint density at radius 2 is 1.47 bits per heavy atom. The van der Waals surface area contributed by atoms with E-state index in [2.05, 4.69) is 22.0 Å². The Morgan fingerprint density at radius 1 is 0.941 bits per heavy atom. The van der Waals surface area contributed by atoms with Gasteiger partial charge in [-0.05, 0) is 67.4 Å². The lowest BCUT2D eigenvalue weighted by Gasteiger charge is -2.34. The van der Waals surface area contributed by atoms with E-state index in [9.17, 15) is 13.6 Å². The van der Waals surface area contributed by atoms with E-state index in [1.54, 1.807) is 31.4 Å². The minimum atomic E-state index is -0.335. The molecule has 3 rings (SSSR count). The maximum absolute atomic E-state index is 13.4. The van der Waals surface area contributed by atoms with Crippen molar-refractivity contribution in [2.24, 2.45) is 4.99 Å². The van der Waals surface area contributed by atoms with Crippen molar-refractivity contribution < 1.29 is 18.3 Å². The van der Waals surface area contributed by atoms with Crippen LogP contribution in [0.2, 0.25) is 0 Å². The number of hydrogen-bond donors (Lipinski definition) is 1. The number of amides is 1. The Kier molecular flexibility index (Phi) is 9.30. The number of halogens is 2. The third-order valence-corrected chi connectivity index (χ3v) is 5.84. The Balaban J connectivity index is 1.56. The molecule has 2 aromatic rings. The molecule has 0 saturated carbocycles. The van der Waals surface area contributed by atoms with Crippen LogP contribution in [0.3, 0.4) is 0 Å². The summed E-state index contributed by atoms with van der Waals surface area (Å²) in [5.41, 5.74) is 3.33. The molecule has 8 heteroatoms. The summed E-state index contributed by atoms with van der Waals surface area (Å²) < 4.78 is 32.0. The highest BCUT2D eigenvalue weighted by atomic mass is 19.1. The molecular weight excluding hydrogens is 438 g/mol. The number of anilines is 1. The second-order valence-corrected chi connectivity index (χ2v) is 8.31. The van der Waals surface area contributed by atoms with Gasteiger partial charge in [-0.15, -0.1) is 0 Å². The first-order chi connectivity index (χ1) is 16.4. The number of carbonyl (C=O) groups excluding carboxylic acids is 1. The zero-order chi connectivity index (χ0) is 24.5. The Labute approximate surface area is 199 Å². The van der Waals surface area contributed by atoms with E-state index in [1.165, 1.54) is 24.3 Å². The number of allylic oxidation sites excluding steroid dienone is 1.